The highest BCUT2D eigenvalue weighted by Crippen LogP contribution is 2.16. The number of aliphatic hydroxyl groups excluding tert-OH is 2. The molecule has 5 heteroatoms. The van der Waals surface area contributed by atoms with Gasteiger partial charge in [-0.1, -0.05) is 15.9 Å². The maximum absolute atomic E-state index is 9.52. The third-order valence-corrected chi connectivity index (χ3v) is 2.35. The topological polar surface area (TPSA) is 58.3 Å². The molecule has 68 valence electrons. The van der Waals surface area contributed by atoms with Crippen LogP contribution in [0.1, 0.15) is 11.8 Å². The molecule has 0 saturated heterocycles. The Labute approximate surface area is 79.0 Å². The first kappa shape index (κ1) is 9.70. The molecule has 0 bridgehead atoms. The molecule has 0 amide bonds. The molecule has 0 fully saturated rings. The molecular formula is C7H11BrN2O2. The highest BCUT2D eigenvalue weighted by molar-refractivity contribution is 9.09. The molecular weight excluding hydrogens is 224 g/mol. The smallest absolute Gasteiger partial charge is 0.122 e. The lowest BCUT2D eigenvalue weighted by Crippen LogP contribution is -2.21. The Morgan fingerprint density at radius 2 is 2.33 bits per heavy atom. The summed E-state index contributed by atoms with van der Waals surface area (Å²) < 4.78 is 1.54. The summed E-state index contributed by atoms with van der Waals surface area (Å²) in [6.45, 7) is 0. The maximum atomic E-state index is 9.52. The van der Waals surface area contributed by atoms with Gasteiger partial charge in [-0.2, -0.15) is 5.10 Å². The Morgan fingerprint density at radius 3 is 2.75 bits per heavy atom. The fourth-order valence-corrected chi connectivity index (χ4v) is 1.31. The minimum absolute atomic E-state index is 0.347. The summed E-state index contributed by atoms with van der Waals surface area (Å²) in [6, 6.07) is 1.68. The van der Waals surface area contributed by atoms with Crippen molar-refractivity contribution in [1.82, 2.24) is 9.78 Å². The predicted molar refractivity (Wildman–Crippen MR) is 48.0 cm³/mol. The summed E-state index contributed by atoms with van der Waals surface area (Å²) in [7, 11) is 1.72. The van der Waals surface area contributed by atoms with Crippen LogP contribution in [0, 0.1) is 0 Å². The molecule has 2 N–H and O–H groups in total. The number of hydrogen-bond acceptors (Lipinski definition) is 3. The van der Waals surface area contributed by atoms with E-state index in [1.807, 2.05) is 0 Å². The molecule has 0 aromatic carbocycles. The van der Waals surface area contributed by atoms with Crippen molar-refractivity contribution < 1.29 is 10.2 Å². The Hall–Kier alpha value is -0.390. The van der Waals surface area contributed by atoms with E-state index in [-0.39, 0.29) is 0 Å². The summed E-state index contributed by atoms with van der Waals surface area (Å²) in [5, 5.41) is 23.0. The van der Waals surface area contributed by atoms with E-state index in [9.17, 15) is 10.2 Å². The van der Waals surface area contributed by atoms with Crippen LogP contribution in [0.2, 0.25) is 0 Å². The van der Waals surface area contributed by atoms with Gasteiger partial charge in [0, 0.05) is 18.6 Å². The van der Waals surface area contributed by atoms with E-state index in [1.54, 1.807) is 19.3 Å². The van der Waals surface area contributed by atoms with Gasteiger partial charge in [0.05, 0.1) is 11.8 Å². The van der Waals surface area contributed by atoms with Crippen LogP contribution in [0.25, 0.3) is 0 Å². The number of nitrogens with zero attached hydrogens (tertiary/aromatic N) is 2. The molecule has 0 aliphatic heterocycles. The van der Waals surface area contributed by atoms with Crippen molar-refractivity contribution >= 4 is 15.9 Å². The first-order valence-corrected chi connectivity index (χ1v) is 4.69. The largest absolute Gasteiger partial charge is 0.389 e. The van der Waals surface area contributed by atoms with E-state index in [2.05, 4.69) is 21.0 Å². The third-order valence-electron chi connectivity index (χ3n) is 1.68. The second-order valence-electron chi connectivity index (χ2n) is 2.55. The van der Waals surface area contributed by atoms with E-state index in [0.717, 1.165) is 0 Å². The molecule has 2 atom stereocenters. The van der Waals surface area contributed by atoms with E-state index in [1.165, 1.54) is 4.68 Å². The van der Waals surface area contributed by atoms with E-state index in [4.69, 9.17) is 0 Å². The van der Waals surface area contributed by atoms with E-state index in [0.29, 0.717) is 11.0 Å². The first-order valence-electron chi connectivity index (χ1n) is 3.56. The normalized spacial score (nSPS) is 16.0. The SMILES string of the molecule is Cn1nccc1C(O)C(O)CBr. The monoisotopic (exact) mass is 234 g/mol. The van der Waals surface area contributed by atoms with Crippen molar-refractivity contribution in [2.24, 2.45) is 7.05 Å². The van der Waals surface area contributed by atoms with Crippen LogP contribution in [-0.2, 0) is 7.05 Å². The fourth-order valence-electron chi connectivity index (χ4n) is 0.956. The lowest BCUT2D eigenvalue weighted by atomic mass is 10.2. The average molecular weight is 235 g/mol. The van der Waals surface area contributed by atoms with Crippen molar-refractivity contribution in [2.75, 3.05) is 5.33 Å². The average Bonchev–Trinajstić information content (AvgIpc) is 2.48. The van der Waals surface area contributed by atoms with Gasteiger partial charge in [-0.3, -0.25) is 4.68 Å². The standard InChI is InChI=1S/C7H11BrN2O2/c1-10-5(2-3-9-10)7(12)6(11)4-8/h2-3,6-7,11-12H,4H2,1H3. The first-order chi connectivity index (χ1) is 5.66. The third kappa shape index (κ3) is 1.85. The van der Waals surface area contributed by atoms with Crippen LogP contribution in [0.5, 0.6) is 0 Å². The Bertz CT molecular complexity index is 251. The van der Waals surface area contributed by atoms with Gasteiger partial charge >= 0.3 is 0 Å². The molecule has 1 heterocycles. The molecule has 0 radical (unpaired) electrons. The molecule has 0 aliphatic carbocycles. The minimum Gasteiger partial charge on any atom is -0.389 e. The maximum Gasteiger partial charge on any atom is 0.122 e. The minimum atomic E-state index is -0.878. The zero-order valence-electron chi connectivity index (χ0n) is 6.68. The molecule has 0 aliphatic rings. The van der Waals surface area contributed by atoms with Gasteiger partial charge in [0.25, 0.3) is 0 Å². The lowest BCUT2D eigenvalue weighted by molar-refractivity contribution is 0.0291. The number of hydrogen-bond donors (Lipinski definition) is 2. The van der Waals surface area contributed by atoms with Crippen LogP contribution in [0.3, 0.4) is 0 Å². The van der Waals surface area contributed by atoms with Crippen LogP contribution in [0.15, 0.2) is 12.3 Å². The van der Waals surface area contributed by atoms with Gasteiger partial charge in [-0.15, -0.1) is 0 Å². The summed E-state index contributed by atoms with van der Waals surface area (Å²) in [5.74, 6) is 0. The molecule has 4 nitrogen and oxygen atoms in total. The number of aromatic nitrogens is 2. The fraction of sp³-hybridized carbons (Fsp3) is 0.571. The summed E-state index contributed by atoms with van der Waals surface area (Å²) in [6.07, 6.45) is -0.0863. The summed E-state index contributed by atoms with van der Waals surface area (Å²) >= 11 is 3.09. The van der Waals surface area contributed by atoms with Gasteiger partial charge in [-0.05, 0) is 6.07 Å². The van der Waals surface area contributed by atoms with E-state index < -0.39 is 12.2 Å². The van der Waals surface area contributed by atoms with E-state index >= 15 is 0 Å². The van der Waals surface area contributed by atoms with Crippen LogP contribution in [0.4, 0.5) is 0 Å². The molecule has 0 spiro atoms. The van der Waals surface area contributed by atoms with Crippen LogP contribution >= 0.6 is 15.9 Å². The van der Waals surface area contributed by atoms with Crippen LogP contribution < -0.4 is 0 Å². The highest BCUT2D eigenvalue weighted by Gasteiger charge is 2.19. The van der Waals surface area contributed by atoms with Gasteiger partial charge in [0.1, 0.15) is 6.10 Å². The number of rotatable bonds is 3. The second-order valence-corrected chi connectivity index (χ2v) is 3.19. The summed E-state index contributed by atoms with van der Waals surface area (Å²) in [5.41, 5.74) is 0.613. The van der Waals surface area contributed by atoms with Gasteiger partial charge in [-0.25, -0.2) is 0 Å². The summed E-state index contributed by atoms with van der Waals surface area (Å²) in [4.78, 5) is 0. The number of halogens is 1. The molecule has 1 aromatic heterocycles. The number of aliphatic hydroxyl groups is 2. The molecule has 1 rings (SSSR count). The quantitative estimate of drug-likeness (QED) is 0.736. The lowest BCUT2D eigenvalue weighted by Gasteiger charge is -2.15. The molecule has 2 unspecified atom stereocenters. The van der Waals surface area contributed by atoms with Gasteiger partial charge in [0.15, 0.2) is 0 Å². The zero-order valence-corrected chi connectivity index (χ0v) is 8.27. The van der Waals surface area contributed by atoms with Crippen molar-refractivity contribution in [1.29, 1.82) is 0 Å². The molecule has 12 heavy (non-hydrogen) atoms. The zero-order chi connectivity index (χ0) is 9.14. The van der Waals surface area contributed by atoms with Gasteiger partial charge in [0.2, 0.25) is 0 Å². The number of aryl methyl sites for hydroxylation is 1. The van der Waals surface area contributed by atoms with Crippen LogP contribution in [-0.4, -0.2) is 31.4 Å². The van der Waals surface area contributed by atoms with Crippen molar-refractivity contribution in [3.63, 3.8) is 0 Å². The predicted octanol–water partition coefficient (Wildman–Crippen LogP) is 0.209. The highest BCUT2D eigenvalue weighted by atomic mass is 79.9. The Balaban J connectivity index is 2.77. The number of alkyl halides is 1. The second kappa shape index (κ2) is 4.02. The Kier molecular flexibility index (Phi) is 3.25. The van der Waals surface area contributed by atoms with Crippen molar-refractivity contribution in [2.45, 2.75) is 12.2 Å². The molecule has 0 saturated carbocycles. The van der Waals surface area contributed by atoms with Crippen molar-refractivity contribution in [3.8, 4) is 0 Å². The van der Waals surface area contributed by atoms with Crippen molar-refractivity contribution in [3.05, 3.63) is 18.0 Å². The van der Waals surface area contributed by atoms with Gasteiger partial charge < -0.3 is 10.2 Å². The Morgan fingerprint density at radius 1 is 1.67 bits per heavy atom. The molecule has 1 aromatic rings.